The fraction of sp³-hybridized carbons (Fsp3) is 0.667. The number of nitrogens with zero attached hydrogens (tertiary/aromatic N) is 3. The minimum atomic E-state index is -1.00. The van der Waals surface area contributed by atoms with Crippen molar-refractivity contribution in [2.24, 2.45) is 0 Å². The lowest BCUT2D eigenvalue weighted by molar-refractivity contribution is 0.894. The molecule has 1 rings (SSSR count). The van der Waals surface area contributed by atoms with Crippen molar-refractivity contribution in [1.82, 2.24) is 15.4 Å². The first-order valence-corrected chi connectivity index (χ1v) is 7.08. The Balaban J connectivity index is 2.57. The van der Waals surface area contributed by atoms with Gasteiger partial charge < -0.3 is 15.4 Å². The molecule has 0 spiro atoms. The lowest BCUT2D eigenvalue weighted by atomic mass is 10.6. The second-order valence-corrected chi connectivity index (χ2v) is 9.14. The summed E-state index contributed by atoms with van der Waals surface area (Å²) < 4.78 is 0. The van der Waals surface area contributed by atoms with E-state index in [0.29, 0.717) is 0 Å². The number of rotatable bonds is 2. The Hall–Kier alpha value is -0.643. The van der Waals surface area contributed by atoms with Gasteiger partial charge in [-0.1, -0.05) is 19.6 Å². The van der Waals surface area contributed by atoms with Gasteiger partial charge in [0.1, 0.15) is 0 Å². The first-order chi connectivity index (χ1) is 4.58. The molecule has 0 saturated heterocycles. The summed E-state index contributed by atoms with van der Waals surface area (Å²) in [4.78, 5) is 0. The van der Waals surface area contributed by atoms with E-state index in [9.17, 15) is 0 Å². The molecule has 0 aliphatic carbocycles. The van der Waals surface area contributed by atoms with E-state index in [1.165, 1.54) is 0 Å². The van der Waals surface area contributed by atoms with Crippen molar-refractivity contribution in [3.05, 3.63) is 11.9 Å². The minimum Gasteiger partial charge on any atom is -0.493 e. The average Bonchev–Trinajstić information content (AvgIpc) is 2.12. The van der Waals surface area contributed by atoms with Crippen molar-refractivity contribution in [2.45, 2.75) is 25.7 Å². The second kappa shape index (κ2) is 2.54. The van der Waals surface area contributed by atoms with Gasteiger partial charge >= 0.3 is 0 Å². The van der Waals surface area contributed by atoms with Gasteiger partial charge in [0.15, 0.2) is 0 Å². The van der Waals surface area contributed by atoms with E-state index in [-0.39, 0.29) is 0 Å². The average molecular weight is 154 g/mol. The highest BCUT2D eigenvalue weighted by Crippen LogP contribution is 2.06. The molecule has 0 saturated carbocycles. The fourth-order valence-corrected chi connectivity index (χ4v) is 2.07. The molecule has 10 heavy (non-hydrogen) atoms. The maximum absolute atomic E-state index is 3.88. The molecule has 0 bridgehead atoms. The zero-order chi connectivity index (χ0) is 7.61. The lowest BCUT2D eigenvalue weighted by Gasteiger charge is -2.13. The van der Waals surface area contributed by atoms with E-state index in [0.717, 1.165) is 11.7 Å². The van der Waals surface area contributed by atoms with Gasteiger partial charge in [0, 0.05) is 11.9 Å². The van der Waals surface area contributed by atoms with E-state index in [1.807, 2.05) is 0 Å². The summed E-state index contributed by atoms with van der Waals surface area (Å²) in [6, 6.07) is 1.08. The van der Waals surface area contributed by atoms with Crippen LogP contribution in [0, 0.1) is 0 Å². The Morgan fingerprint density at radius 1 is 1.50 bits per heavy atom. The van der Waals surface area contributed by atoms with Crippen molar-refractivity contribution in [3.63, 3.8) is 0 Å². The highest BCUT2D eigenvalue weighted by Gasteiger charge is 2.13. The van der Waals surface area contributed by atoms with Gasteiger partial charge in [0.25, 0.3) is 0 Å². The maximum atomic E-state index is 3.88. The predicted molar refractivity (Wildman–Crippen MR) is 42.4 cm³/mol. The molecule has 1 aromatic heterocycles. The SMILES string of the molecule is C[Si](C)(C)Cc1cn[n-]n1. The van der Waals surface area contributed by atoms with Crippen LogP contribution in [0.25, 0.3) is 0 Å². The van der Waals surface area contributed by atoms with Gasteiger partial charge in [0.05, 0.1) is 8.07 Å². The molecule has 0 aliphatic rings. The Morgan fingerprint density at radius 3 is 2.60 bits per heavy atom. The van der Waals surface area contributed by atoms with E-state index in [1.54, 1.807) is 6.20 Å². The van der Waals surface area contributed by atoms with Crippen LogP contribution in [-0.2, 0) is 6.04 Å². The summed E-state index contributed by atoms with van der Waals surface area (Å²) in [6.45, 7) is 6.92. The van der Waals surface area contributed by atoms with Gasteiger partial charge in [0.2, 0.25) is 0 Å². The van der Waals surface area contributed by atoms with Crippen LogP contribution in [0.1, 0.15) is 5.69 Å². The largest absolute Gasteiger partial charge is 0.493 e. The van der Waals surface area contributed by atoms with Crippen molar-refractivity contribution in [2.75, 3.05) is 0 Å². The third-order valence-corrected chi connectivity index (χ3v) is 2.57. The molecular formula is C6H12N3Si-. The molecular weight excluding hydrogens is 142 g/mol. The third kappa shape index (κ3) is 2.30. The topological polar surface area (TPSA) is 39.9 Å². The highest BCUT2D eigenvalue weighted by molar-refractivity contribution is 6.75. The molecule has 0 unspecified atom stereocenters. The van der Waals surface area contributed by atoms with Crippen LogP contribution in [0.3, 0.4) is 0 Å². The van der Waals surface area contributed by atoms with Crippen LogP contribution >= 0.6 is 0 Å². The zero-order valence-corrected chi connectivity index (χ0v) is 7.63. The Bertz CT molecular complexity index is 187. The number of hydrogen-bond donors (Lipinski definition) is 0. The van der Waals surface area contributed by atoms with Gasteiger partial charge in [-0.05, 0) is 6.04 Å². The van der Waals surface area contributed by atoms with E-state index in [4.69, 9.17) is 0 Å². The molecule has 0 atom stereocenters. The molecule has 0 aliphatic heterocycles. The van der Waals surface area contributed by atoms with Crippen LogP contribution in [-0.4, -0.2) is 18.3 Å². The summed E-state index contributed by atoms with van der Waals surface area (Å²) in [6.07, 6.45) is 1.75. The normalized spacial score (nSPS) is 11.9. The van der Waals surface area contributed by atoms with Crippen LogP contribution < -0.4 is 5.21 Å². The summed E-state index contributed by atoms with van der Waals surface area (Å²) in [7, 11) is -1.00. The summed E-state index contributed by atoms with van der Waals surface area (Å²) in [5, 5.41) is 11.1. The molecule has 4 heteroatoms. The van der Waals surface area contributed by atoms with E-state index < -0.39 is 8.07 Å². The standard InChI is InChI=1S/C6H12N3Si/c1-10(2,3)5-6-4-7-9-8-6/h4H,5H2,1-3H3/q-1. The molecule has 0 aromatic carbocycles. The quantitative estimate of drug-likeness (QED) is 0.593. The molecule has 0 radical (unpaired) electrons. The zero-order valence-electron chi connectivity index (χ0n) is 6.63. The summed E-state index contributed by atoms with van der Waals surface area (Å²) in [5.41, 5.74) is 1.04. The first-order valence-electron chi connectivity index (χ1n) is 3.38. The number of hydrogen-bond acceptors (Lipinski definition) is 2. The van der Waals surface area contributed by atoms with Gasteiger partial charge in [-0.25, -0.2) is 0 Å². The van der Waals surface area contributed by atoms with Crippen LogP contribution in [0.15, 0.2) is 6.20 Å². The molecule has 0 amide bonds. The van der Waals surface area contributed by atoms with Crippen LogP contribution in [0.2, 0.25) is 19.6 Å². The van der Waals surface area contributed by atoms with Crippen molar-refractivity contribution >= 4 is 8.07 Å². The Morgan fingerprint density at radius 2 is 2.20 bits per heavy atom. The van der Waals surface area contributed by atoms with Crippen molar-refractivity contribution < 1.29 is 0 Å². The predicted octanol–water partition coefficient (Wildman–Crippen LogP) is 0.854. The highest BCUT2D eigenvalue weighted by atomic mass is 28.3. The Kier molecular flexibility index (Phi) is 1.89. The number of aromatic nitrogens is 3. The van der Waals surface area contributed by atoms with Gasteiger partial charge in [-0.15, -0.1) is 0 Å². The maximum Gasteiger partial charge on any atom is 0.0506 e. The lowest BCUT2D eigenvalue weighted by Crippen LogP contribution is -2.24. The minimum absolute atomic E-state index is 1.00. The van der Waals surface area contributed by atoms with E-state index >= 15 is 0 Å². The molecule has 1 aromatic rings. The summed E-state index contributed by atoms with van der Waals surface area (Å²) in [5.74, 6) is 0. The van der Waals surface area contributed by atoms with Gasteiger partial charge in [-0.3, -0.25) is 0 Å². The van der Waals surface area contributed by atoms with Crippen molar-refractivity contribution in [1.29, 1.82) is 0 Å². The molecule has 3 nitrogen and oxygen atoms in total. The summed E-state index contributed by atoms with van der Waals surface area (Å²) >= 11 is 0. The van der Waals surface area contributed by atoms with Crippen LogP contribution in [0.4, 0.5) is 0 Å². The smallest absolute Gasteiger partial charge is 0.0506 e. The van der Waals surface area contributed by atoms with Crippen LogP contribution in [0.5, 0.6) is 0 Å². The molecule has 0 N–H and O–H groups in total. The molecule has 0 fully saturated rings. The van der Waals surface area contributed by atoms with E-state index in [2.05, 4.69) is 35.1 Å². The monoisotopic (exact) mass is 154 g/mol. The second-order valence-electron chi connectivity index (χ2n) is 3.66. The molecule has 56 valence electrons. The third-order valence-electron chi connectivity index (χ3n) is 1.14. The Labute approximate surface area is 61.9 Å². The van der Waals surface area contributed by atoms with Gasteiger partial charge in [-0.2, -0.15) is 0 Å². The molecule has 1 heterocycles. The van der Waals surface area contributed by atoms with Crippen molar-refractivity contribution in [3.8, 4) is 0 Å². The fourth-order valence-electron chi connectivity index (χ4n) is 0.826. The first kappa shape index (κ1) is 7.46.